The summed E-state index contributed by atoms with van der Waals surface area (Å²) in [5, 5.41) is 3.51. The summed E-state index contributed by atoms with van der Waals surface area (Å²) in [7, 11) is 5.62. The van der Waals surface area contributed by atoms with Gasteiger partial charge in [0.2, 0.25) is 0 Å². The molecule has 1 aliphatic carbocycles. The molecule has 1 fully saturated rings. The number of likely N-dealkylation sites (N-methyl/N-ethyl adjacent to an activating group) is 1. The molecule has 3 rings (SSSR count). The van der Waals surface area contributed by atoms with Crippen LogP contribution < -0.4 is 10.1 Å². The van der Waals surface area contributed by atoms with Crippen molar-refractivity contribution in [1.29, 1.82) is 0 Å². The zero-order valence-electron chi connectivity index (χ0n) is 13.3. The van der Waals surface area contributed by atoms with Crippen LogP contribution in [0.1, 0.15) is 30.0 Å². The Morgan fingerprint density at radius 1 is 1.29 bits per heavy atom. The molecule has 1 heterocycles. The van der Waals surface area contributed by atoms with E-state index in [1.807, 2.05) is 7.11 Å². The highest BCUT2D eigenvalue weighted by Gasteiger charge is 2.37. The standard InChI is InChI=1S/C17H26N2O2/c1-18-17-15-10-13(20-2)7-6-12(15)9-16(17)19-8-4-5-14(11-19)21-3/h6-7,10,14,16-18H,4-5,8-9,11H2,1-3H3. The predicted octanol–water partition coefficient (Wildman–Crippen LogP) is 1.99. The molecule has 0 saturated carbocycles. The third-order valence-electron chi connectivity index (χ3n) is 5.02. The number of likely N-dealkylation sites (tertiary alicyclic amines) is 1. The average molecular weight is 290 g/mol. The number of hydrogen-bond donors (Lipinski definition) is 1. The zero-order valence-corrected chi connectivity index (χ0v) is 13.3. The quantitative estimate of drug-likeness (QED) is 0.919. The lowest BCUT2D eigenvalue weighted by atomic mass is 10.0. The maximum Gasteiger partial charge on any atom is 0.119 e. The highest BCUT2D eigenvalue weighted by molar-refractivity contribution is 5.42. The van der Waals surface area contributed by atoms with Crippen LogP contribution >= 0.6 is 0 Å². The lowest BCUT2D eigenvalue weighted by Gasteiger charge is -2.38. The Bertz CT molecular complexity index is 492. The zero-order chi connectivity index (χ0) is 14.8. The molecular formula is C17H26N2O2. The van der Waals surface area contributed by atoms with Crippen LogP contribution in [-0.2, 0) is 11.2 Å². The Morgan fingerprint density at radius 2 is 2.14 bits per heavy atom. The topological polar surface area (TPSA) is 33.7 Å². The van der Waals surface area contributed by atoms with Crippen molar-refractivity contribution >= 4 is 0 Å². The number of hydrogen-bond acceptors (Lipinski definition) is 4. The first-order chi connectivity index (χ1) is 10.3. The summed E-state index contributed by atoms with van der Waals surface area (Å²) in [5.74, 6) is 0.947. The number of rotatable bonds is 4. The molecule has 4 heteroatoms. The minimum Gasteiger partial charge on any atom is -0.497 e. The van der Waals surface area contributed by atoms with Gasteiger partial charge in [-0.1, -0.05) is 6.07 Å². The first-order valence-corrected chi connectivity index (χ1v) is 7.87. The molecule has 3 unspecified atom stereocenters. The second-order valence-corrected chi connectivity index (χ2v) is 6.10. The van der Waals surface area contributed by atoms with Crippen LogP contribution in [0.2, 0.25) is 0 Å². The minimum atomic E-state index is 0.380. The number of ether oxygens (including phenoxy) is 2. The van der Waals surface area contributed by atoms with Gasteiger partial charge in [-0.25, -0.2) is 0 Å². The fourth-order valence-electron chi connectivity index (χ4n) is 3.87. The van der Waals surface area contributed by atoms with Gasteiger partial charge in [-0.3, -0.25) is 4.90 Å². The third-order valence-corrected chi connectivity index (χ3v) is 5.02. The summed E-state index contributed by atoms with van der Waals surface area (Å²) in [6.45, 7) is 2.22. The van der Waals surface area contributed by atoms with E-state index in [9.17, 15) is 0 Å². The van der Waals surface area contributed by atoms with Crippen molar-refractivity contribution in [2.75, 3.05) is 34.4 Å². The molecule has 116 valence electrons. The SMILES string of the molecule is CNC1c2cc(OC)ccc2CC1N1CCCC(OC)C1. The van der Waals surface area contributed by atoms with Gasteiger partial charge in [0.1, 0.15) is 5.75 Å². The van der Waals surface area contributed by atoms with Crippen LogP contribution in [-0.4, -0.2) is 51.4 Å². The molecule has 1 saturated heterocycles. The van der Waals surface area contributed by atoms with Gasteiger partial charge in [0.25, 0.3) is 0 Å². The highest BCUT2D eigenvalue weighted by Crippen LogP contribution is 2.37. The van der Waals surface area contributed by atoms with Gasteiger partial charge < -0.3 is 14.8 Å². The minimum absolute atomic E-state index is 0.380. The maximum absolute atomic E-state index is 5.58. The second-order valence-electron chi connectivity index (χ2n) is 6.10. The second kappa shape index (κ2) is 6.34. The Balaban J connectivity index is 1.81. The molecule has 21 heavy (non-hydrogen) atoms. The number of methoxy groups -OCH3 is 2. The van der Waals surface area contributed by atoms with E-state index in [1.165, 1.54) is 30.5 Å². The Kier molecular flexibility index (Phi) is 4.48. The highest BCUT2D eigenvalue weighted by atomic mass is 16.5. The molecule has 0 radical (unpaired) electrons. The predicted molar refractivity (Wildman–Crippen MR) is 83.9 cm³/mol. The normalized spacial score (nSPS) is 29.4. The van der Waals surface area contributed by atoms with E-state index in [4.69, 9.17) is 9.47 Å². The van der Waals surface area contributed by atoms with Crippen LogP contribution in [0.25, 0.3) is 0 Å². The summed E-state index contributed by atoms with van der Waals surface area (Å²) in [6.07, 6.45) is 3.91. The first-order valence-electron chi connectivity index (χ1n) is 7.87. The monoisotopic (exact) mass is 290 g/mol. The molecule has 1 aromatic carbocycles. The van der Waals surface area contributed by atoms with E-state index >= 15 is 0 Å². The van der Waals surface area contributed by atoms with Crippen molar-refractivity contribution in [1.82, 2.24) is 10.2 Å². The smallest absolute Gasteiger partial charge is 0.119 e. The van der Waals surface area contributed by atoms with Gasteiger partial charge in [0, 0.05) is 25.7 Å². The molecule has 1 aliphatic heterocycles. The van der Waals surface area contributed by atoms with E-state index in [0.717, 1.165) is 18.7 Å². The molecule has 0 aromatic heterocycles. The van der Waals surface area contributed by atoms with Crippen molar-refractivity contribution in [2.24, 2.45) is 0 Å². The van der Waals surface area contributed by atoms with Crippen LogP contribution in [0.4, 0.5) is 0 Å². The van der Waals surface area contributed by atoms with Crippen molar-refractivity contribution < 1.29 is 9.47 Å². The Labute approximate surface area is 127 Å². The fourth-order valence-corrected chi connectivity index (χ4v) is 3.87. The van der Waals surface area contributed by atoms with Gasteiger partial charge in [0.05, 0.1) is 13.2 Å². The van der Waals surface area contributed by atoms with Crippen LogP contribution in [0.3, 0.4) is 0 Å². The van der Waals surface area contributed by atoms with Gasteiger partial charge in [-0.2, -0.15) is 0 Å². The number of fused-ring (bicyclic) bond motifs is 1. The molecule has 0 amide bonds. The Morgan fingerprint density at radius 3 is 2.86 bits per heavy atom. The van der Waals surface area contributed by atoms with E-state index in [0.29, 0.717) is 18.2 Å². The Hall–Kier alpha value is -1.10. The number of nitrogens with zero attached hydrogens (tertiary/aromatic N) is 1. The molecule has 1 N–H and O–H groups in total. The van der Waals surface area contributed by atoms with Crippen molar-refractivity contribution in [3.63, 3.8) is 0 Å². The number of piperidine rings is 1. The van der Waals surface area contributed by atoms with Crippen molar-refractivity contribution in [2.45, 2.75) is 37.5 Å². The molecule has 3 atom stereocenters. The van der Waals surface area contributed by atoms with E-state index in [-0.39, 0.29) is 0 Å². The molecule has 0 spiro atoms. The van der Waals surface area contributed by atoms with E-state index < -0.39 is 0 Å². The van der Waals surface area contributed by atoms with Crippen molar-refractivity contribution in [3.05, 3.63) is 29.3 Å². The van der Waals surface area contributed by atoms with Gasteiger partial charge in [-0.15, -0.1) is 0 Å². The van der Waals surface area contributed by atoms with E-state index in [2.05, 4.69) is 35.5 Å². The number of benzene rings is 1. The van der Waals surface area contributed by atoms with Crippen LogP contribution in [0.5, 0.6) is 5.75 Å². The summed E-state index contributed by atoms with van der Waals surface area (Å²) in [4.78, 5) is 2.60. The molecule has 0 bridgehead atoms. The van der Waals surface area contributed by atoms with Gasteiger partial charge in [0.15, 0.2) is 0 Å². The van der Waals surface area contributed by atoms with Crippen molar-refractivity contribution in [3.8, 4) is 5.75 Å². The molecule has 4 nitrogen and oxygen atoms in total. The summed E-state index contributed by atoms with van der Waals surface area (Å²) < 4.78 is 11.0. The maximum atomic E-state index is 5.58. The van der Waals surface area contributed by atoms with Crippen LogP contribution in [0, 0.1) is 0 Å². The van der Waals surface area contributed by atoms with E-state index in [1.54, 1.807) is 7.11 Å². The molecular weight excluding hydrogens is 264 g/mol. The largest absolute Gasteiger partial charge is 0.497 e. The fraction of sp³-hybridized carbons (Fsp3) is 0.647. The molecule has 1 aromatic rings. The van der Waals surface area contributed by atoms with Gasteiger partial charge in [-0.05, 0) is 56.1 Å². The average Bonchev–Trinajstić information content (AvgIpc) is 2.92. The first kappa shape index (κ1) is 14.8. The number of nitrogens with one attached hydrogen (secondary N) is 1. The summed E-state index contributed by atoms with van der Waals surface area (Å²) in [6, 6.07) is 7.38. The lowest BCUT2D eigenvalue weighted by Crippen LogP contribution is -2.49. The third kappa shape index (κ3) is 2.80. The summed E-state index contributed by atoms with van der Waals surface area (Å²) >= 11 is 0. The molecule has 2 aliphatic rings. The van der Waals surface area contributed by atoms with Gasteiger partial charge >= 0.3 is 0 Å². The lowest BCUT2D eigenvalue weighted by molar-refractivity contribution is 0.00999. The summed E-state index contributed by atoms with van der Waals surface area (Å²) in [5.41, 5.74) is 2.83. The van der Waals surface area contributed by atoms with Crippen LogP contribution in [0.15, 0.2) is 18.2 Å².